The predicted octanol–water partition coefficient (Wildman–Crippen LogP) is 4.85. The van der Waals surface area contributed by atoms with Crippen molar-refractivity contribution in [1.29, 1.82) is 0 Å². The van der Waals surface area contributed by atoms with Gasteiger partial charge in [0, 0.05) is 24.2 Å². The Morgan fingerprint density at radius 2 is 1.48 bits per heavy atom. The van der Waals surface area contributed by atoms with E-state index >= 15 is 0 Å². The lowest BCUT2D eigenvalue weighted by atomic mass is 10.1. The average molecular weight is 359 g/mol. The number of nitrogens with zero attached hydrogens (tertiary/aromatic N) is 1. The highest BCUT2D eigenvalue weighted by molar-refractivity contribution is 6.33. The Hall–Kier alpha value is -2.33. The number of amides is 2. The minimum Gasteiger partial charge on any atom is -0.339 e. The van der Waals surface area contributed by atoms with E-state index in [0.717, 1.165) is 25.9 Å². The first-order valence-electron chi connectivity index (χ1n) is 8.52. The molecule has 2 aromatic rings. The molecule has 1 N–H and O–H groups in total. The lowest BCUT2D eigenvalue weighted by molar-refractivity contribution is 0.0755. The molecule has 0 aliphatic heterocycles. The van der Waals surface area contributed by atoms with Gasteiger partial charge in [0.15, 0.2) is 0 Å². The third kappa shape index (κ3) is 5.07. The number of rotatable bonds is 7. The maximum atomic E-state index is 12.5. The molecule has 5 heteroatoms. The summed E-state index contributed by atoms with van der Waals surface area (Å²) >= 11 is 6.05. The zero-order valence-electron chi connectivity index (χ0n) is 14.6. The summed E-state index contributed by atoms with van der Waals surface area (Å²) in [5.41, 5.74) is 1.64. The van der Waals surface area contributed by atoms with Crippen LogP contribution in [0.5, 0.6) is 0 Å². The minimum atomic E-state index is -0.258. The number of hydrogen-bond donors (Lipinski definition) is 1. The zero-order chi connectivity index (χ0) is 18.2. The van der Waals surface area contributed by atoms with E-state index in [0.29, 0.717) is 21.8 Å². The average Bonchev–Trinajstić information content (AvgIpc) is 2.63. The van der Waals surface area contributed by atoms with Gasteiger partial charge in [-0.2, -0.15) is 0 Å². The molecule has 0 fully saturated rings. The van der Waals surface area contributed by atoms with E-state index in [2.05, 4.69) is 19.2 Å². The van der Waals surface area contributed by atoms with Gasteiger partial charge in [-0.1, -0.05) is 37.6 Å². The minimum absolute atomic E-state index is 0.00163. The van der Waals surface area contributed by atoms with Crippen LogP contribution in [0, 0.1) is 0 Å². The van der Waals surface area contributed by atoms with Crippen molar-refractivity contribution in [2.75, 3.05) is 18.4 Å². The van der Waals surface area contributed by atoms with Crippen LogP contribution >= 0.6 is 11.6 Å². The Bertz CT molecular complexity index is 723. The first-order chi connectivity index (χ1) is 12.1. The van der Waals surface area contributed by atoms with Crippen LogP contribution in [0.15, 0.2) is 48.5 Å². The molecule has 2 aromatic carbocycles. The normalized spacial score (nSPS) is 10.4. The summed E-state index contributed by atoms with van der Waals surface area (Å²) in [6, 6.07) is 13.8. The molecule has 0 spiro atoms. The van der Waals surface area contributed by atoms with Crippen molar-refractivity contribution in [3.8, 4) is 0 Å². The Labute approximate surface area is 153 Å². The summed E-state index contributed by atoms with van der Waals surface area (Å²) in [6.45, 7) is 5.58. The molecule has 0 saturated heterocycles. The summed E-state index contributed by atoms with van der Waals surface area (Å²) in [5.74, 6) is -0.257. The second kappa shape index (κ2) is 9.23. The summed E-state index contributed by atoms with van der Waals surface area (Å²) in [5, 5.41) is 3.26. The second-order valence-electron chi connectivity index (χ2n) is 5.80. The number of carbonyl (C=O) groups is 2. The molecular formula is C20H23ClN2O2. The highest BCUT2D eigenvalue weighted by Crippen LogP contribution is 2.21. The van der Waals surface area contributed by atoms with E-state index in [1.165, 1.54) is 0 Å². The van der Waals surface area contributed by atoms with Crippen LogP contribution in [-0.4, -0.2) is 29.8 Å². The fourth-order valence-corrected chi connectivity index (χ4v) is 2.74. The quantitative estimate of drug-likeness (QED) is 0.768. The van der Waals surface area contributed by atoms with Gasteiger partial charge in [0.05, 0.1) is 10.7 Å². The molecule has 0 atom stereocenters. The van der Waals surface area contributed by atoms with Crippen molar-refractivity contribution in [3.63, 3.8) is 0 Å². The van der Waals surface area contributed by atoms with Crippen LogP contribution in [0.4, 0.5) is 5.69 Å². The molecule has 0 aliphatic rings. The van der Waals surface area contributed by atoms with E-state index < -0.39 is 0 Å². The predicted molar refractivity (Wildman–Crippen MR) is 102 cm³/mol. The number of carbonyl (C=O) groups excluding carboxylic acids is 2. The van der Waals surface area contributed by atoms with Gasteiger partial charge in [-0.3, -0.25) is 9.59 Å². The highest BCUT2D eigenvalue weighted by Gasteiger charge is 2.15. The van der Waals surface area contributed by atoms with Crippen molar-refractivity contribution >= 4 is 29.1 Å². The molecule has 0 heterocycles. The Kier molecular flexibility index (Phi) is 7.02. The summed E-state index contributed by atoms with van der Waals surface area (Å²) < 4.78 is 0. The van der Waals surface area contributed by atoms with Crippen molar-refractivity contribution in [2.24, 2.45) is 0 Å². The summed E-state index contributed by atoms with van der Waals surface area (Å²) in [7, 11) is 0. The van der Waals surface area contributed by atoms with Crippen molar-refractivity contribution in [1.82, 2.24) is 4.90 Å². The van der Waals surface area contributed by atoms with Gasteiger partial charge < -0.3 is 10.2 Å². The maximum Gasteiger partial charge on any atom is 0.255 e. The van der Waals surface area contributed by atoms with Gasteiger partial charge in [-0.05, 0) is 49.2 Å². The first-order valence-corrected chi connectivity index (χ1v) is 8.89. The fourth-order valence-electron chi connectivity index (χ4n) is 2.56. The maximum absolute atomic E-state index is 12.5. The summed E-state index contributed by atoms with van der Waals surface area (Å²) in [6.07, 6.45) is 1.84. The van der Waals surface area contributed by atoms with Crippen LogP contribution in [0.2, 0.25) is 5.02 Å². The zero-order valence-corrected chi connectivity index (χ0v) is 15.3. The Morgan fingerprint density at radius 3 is 2.04 bits per heavy atom. The standard InChI is InChI=1S/C20H23ClN2O2/c1-3-13-23(14-4-2)20(25)16-11-9-15(10-12-16)19(24)22-18-8-6-5-7-17(18)21/h5-12H,3-4,13-14H2,1-2H3,(H,22,24). The van der Waals surface area contributed by atoms with Gasteiger partial charge >= 0.3 is 0 Å². The summed E-state index contributed by atoms with van der Waals surface area (Å²) in [4.78, 5) is 26.7. The third-order valence-electron chi connectivity index (χ3n) is 3.79. The van der Waals surface area contributed by atoms with Gasteiger partial charge in [0.2, 0.25) is 0 Å². The number of anilines is 1. The lowest BCUT2D eigenvalue weighted by Crippen LogP contribution is -2.32. The van der Waals surface area contributed by atoms with E-state index in [4.69, 9.17) is 11.6 Å². The van der Waals surface area contributed by atoms with Crippen molar-refractivity contribution in [3.05, 3.63) is 64.7 Å². The monoisotopic (exact) mass is 358 g/mol. The molecule has 0 aliphatic carbocycles. The molecule has 0 saturated carbocycles. The van der Waals surface area contributed by atoms with Gasteiger partial charge in [0.25, 0.3) is 11.8 Å². The second-order valence-corrected chi connectivity index (χ2v) is 6.21. The largest absolute Gasteiger partial charge is 0.339 e. The van der Waals surface area contributed by atoms with Gasteiger partial charge in [-0.25, -0.2) is 0 Å². The Morgan fingerprint density at radius 1 is 0.920 bits per heavy atom. The molecule has 0 radical (unpaired) electrons. The number of halogens is 1. The fraction of sp³-hybridized carbons (Fsp3) is 0.300. The number of para-hydroxylation sites is 1. The van der Waals surface area contributed by atoms with E-state index in [9.17, 15) is 9.59 Å². The molecule has 0 aromatic heterocycles. The van der Waals surface area contributed by atoms with Crippen LogP contribution in [0.25, 0.3) is 0 Å². The van der Waals surface area contributed by atoms with Crippen LogP contribution in [0.1, 0.15) is 47.4 Å². The first kappa shape index (κ1) is 19.0. The van der Waals surface area contributed by atoms with E-state index in [-0.39, 0.29) is 11.8 Å². The third-order valence-corrected chi connectivity index (χ3v) is 4.12. The Balaban J connectivity index is 2.09. The molecule has 0 unspecified atom stereocenters. The smallest absolute Gasteiger partial charge is 0.255 e. The molecule has 4 nitrogen and oxygen atoms in total. The molecule has 2 rings (SSSR count). The van der Waals surface area contributed by atoms with Crippen molar-refractivity contribution in [2.45, 2.75) is 26.7 Å². The van der Waals surface area contributed by atoms with Gasteiger partial charge in [0.1, 0.15) is 0 Å². The number of benzene rings is 2. The topological polar surface area (TPSA) is 49.4 Å². The molecule has 2 amide bonds. The van der Waals surface area contributed by atoms with E-state index in [1.54, 1.807) is 48.5 Å². The van der Waals surface area contributed by atoms with E-state index in [1.807, 2.05) is 4.90 Å². The van der Waals surface area contributed by atoms with Crippen LogP contribution in [-0.2, 0) is 0 Å². The van der Waals surface area contributed by atoms with Crippen LogP contribution < -0.4 is 5.32 Å². The number of nitrogens with one attached hydrogen (secondary N) is 1. The van der Waals surface area contributed by atoms with Crippen molar-refractivity contribution < 1.29 is 9.59 Å². The lowest BCUT2D eigenvalue weighted by Gasteiger charge is -2.21. The number of hydrogen-bond acceptors (Lipinski definition) is 2. The van der Waals surface area contributed by atoms with Gasteiger partial charge in [-0.15, -0.1) is 0 Å². The molecule has 132 valence electrons. The van der Waals surface area contributed by atoms with Crippen LogP contribution in [0.3, 0.4) is 0 Å². The molecular weight excluding hydrogens is 336 g/mol. The molecule has 0 bridgehead atoms. The SMILES string of the molecule is CCCN(CCC)C(=O)c1ccc(C(=O)Nc2ccccc2Cl)cc1. The molecule has 25 heavy (non-hydrogen) atoms. The highest BCUT2D eigenvalue weighted by atomic mass is 35.5.